The van der Waals surface area contributed by atoms with E-state index < -0.39 is 0 Å². The van der Waals surface area contributed by atoms with Gasteiger partial charge < -0.3 is 5.32 Å². The van der Waals surface area contributed by atoms with Crippen LogP contribution in [0, 0.1) is 5.41 Å². The molecule has 1 unspecified atom stereocenters. The first kappa shape index (κ1) is 14.9. The summed E-state index contributed by atoms with van der Waals surface area (Å²) in [4.78, 5) is 11.6. The summed E-state index contributed by atoms with van der Waals surface area (Å²) in [6, 6.07) is 6.36. The summed E-state index contributed by atoms with van der Waals surface area (Å²) in [6.07, 6.45) is 8.86. The third-order valence-corrected chi connectivity index (χ3v) is 5.93. The number of carbonyl (C=O) groups excluding carboxylic acids is 1. The summed E-state index contributed by atoms with van der Waals surface area (Å²) >= 11 is 6.85. The van der Waals surface area contributed by atoms with Crippen molar-refractivity contribution in [1.29, 1.82) is 0 Å². The van der Waals surface area contributed by atoms with Gasteiger partial charge in [-0.1, -0.05) is 38.3 Å². The van der Waals surface area contributed by atoms with Gasteiger partial charge in [-0.3, -0.25) is 4.79 Å². The number of fused-ring (bicyclic) bond motifs is 1. The summed E-state index contributed by atoms with van der Waals surface area (Å²) in [6.45, 7) is 2.33. The van der Waals surface area contributed by atoms with Crippen molar-refractivity contribution in [2.24, 2.45) is 5.41 Å². The predicted molar refractivity (Wildman–Crippen MR) is 87.8 cm³/mol. The Bertz CT molecular complexity index is 534. The van der Waals surface area contributed by atoms with Gasteiger partial charge in [-0.2, -0.15) is 0 Å². The maximum Gasteiger partial charge on any atom is 0.224 e. The van der Waals surface area contributed by atoms with Gasteiger partial charge >= 0.3 is 0 Å². The monoisotopic (exact) mass is 305 g/mol. The average molecular weight is 306 g/mol. The summed E-state index contributed by atoms with van der Waals surface area (Å²) in [7, 11) is 0. The largest absolute Gasteiger partial charge is 0.326 e. The highest BCUT2D eigenvalue weighted by Crippen LogP contribution is 2.49. The number of hydrogen-bond acceptors (Lipinski definition) is 1. The van der Waals surface area contributed by atoms with Crippen LogP contribution in [-0.4, -0.2) is 5.91 Å². The molecule has 0 aromatic heterocycles. The van der Waals surface area contributed by atoms with Crippen molar-refractivity contribution in [3.05, 3.63) is 29.3 Å². The first-order chi connectivity index (χ1) is 10.1. The Morgan fingerprint density at radius 1 is 1.14 bits per heavy atom. The van der Waals surface area contributed by atoms with Gasteiger partial charge in [0, 0.05) is 12.1 Å². The van der Waals surface area contributed by atoms with Crippen LogP contribution in [0.15, 0.2) is 18.2 Å². The Hall–Kier alpha value is -1.02. The lowest BCUT2D eigenvalue weighted by Crippen LogP contribution is -2.25. The fourth-order valence-corrected chi connectivity index (χ4v) is 4.12. The quantitative estimate of drug-likeness (QED) is 0.746. The van der Waals surface area contributed by atoms with Crippen molar-refractivity contribution in [3.63, 3.8) is 0 Å². The van der Waals surface area contributed by atoms with Gasteiger partial charge in [0.2, 0.25) is 5.91 Å². The van der Waals surface area contributed by atoms with Crippen LogP contribution in [0.1, 0.15) is 68.4 Å². The molecule has 21 heavy (non-hydrogen) atoms. The Labute approximate surface area is 132 Å². The van der Waals surface area contributed by atoms with E-state index in [0.717, 1.165) is 18.5 Å². The van der Waals surface area contributed by atoms with E-state index in [4.69, 9.17) is 11.6 Å². The fourth-order valence-electron chi connectivity index (χ4n) is 3.77. The van der Waals surface area contributed by atoms with Crippen molar-refractivity contribution in [2.75, 3.05) is 5.32 Å². The van der Waals surface area contributed by atoms with Crippen LogP contribution in [0.25, 0.3) is 0 Å². The maximum atomic E-state index is 11.6. The van der Waals surface area contributed by atoms with E-state index in [1.807, 2.05) is 6.07 Å². The van der Waals surface area contributed by atoms with Crippen LogP contribution in [-0.2, 0) is 11.2 Å². The van der Waals surface area contributed by atoms with Crippen LogP contribution in [0.3, 0.4) is 0 Å². The molecule has 1 amide bonds. The molecule has 1 aliphatic heterocycles. The van der Waals surface area contributed by atoms with Crippen molar-refractivity contribution in [1.82, 2.24) is 0 Å². The van der Waals surface area contributed by atoms with Crippen molar-refractivity contribution < 1.29 is 4.79 Å². The summed E-state index contributed by atoms with van der Waals surface area (Å²) in [5.74, 6) is 0.128. The highest BCUT2D eigenvalue weighted by molar-refractivity contribution is 6.21. The number of aryl methyl sites for hydroxylation is 1. The van der Waals surface area contributed by atoms with Crippen molar-refractivity contribution in [2.45, 2.75) is 63.7 Å². The second-order valence-electron chi connectivity index (χ2n) is 6.90. The Balaban J connectivity index is 1.86. The molecule has 1 saturated carbocycles. The number of alkyl halides is 1. The smallest absolute Gasteiger partial charge is 0.224 e. The van der Waals surface area contributed by atoms with Crippen LogP contribution in [0.5, 0.6) is 0 Å². The van der Waals surface area contributed by atoms with Crippen molar-refractivity contribution >= 4 is 23.2 Å². The second-order valence-corrected chi connectivity index (χ2v) is 7.33. The van der Waals surface area contributed by atoms with E-state index in [-0.39, 0.29) is 16.7 Å². The normalized spacial score (nSPS) is 22.9. The average Bonchev–Trinajstić information content (AvgIpc) is 2.67. The molecule has 1 aliphatic carbocycles. The first-order valence-electron chi connectivity index (χ1n) is 8.15. The molecule has 3 heteroatoms. The van der Waals surface area contributed by atoms with Gasteiger partial charge in [0.15, 0.2) is 0 Å². The number of nitrogens with one attached hydrogen (secondary N) is 1. The van der Waals surface area contributed by atoms with Gasteiger partial charge in [-0.05, 0) is 48.3 Å². The van der Waals surface area contributed by atoms with Crippen LogP contribution in [0.4, 0.5) is 5.69 Å². The summed E-state index contributed by atoms with van der Waals surface area (Å²) < 4.78 is 0. The Morgan fingerprint density at radius 2 is 1.90 bits per heavy atom. The third-order valence-electron chi connectivity index (χ3n) is 5.15. The molecule has 1 N–H and O–H groups in total. The van der Waals surface area contributed by atoms with E-state index in [0.29, 0.717) is 6.42 Å². The minimum Gasteiger partial charge on any atom is -0.326 e. The van der Waals surface area contributed by atoms with Crippen molar-refractivity contribution in [3.8, 4) is 0 Å². The standard InChI is InChI=1S/C18H24ClNO/c1-18(10-3-2-4-11-18)17(19)14-8-9-15-13(12-14)6-5-7-16(21)20-15/h8-9,12,17H,2-7,10-11H2,1H3,(H,20,21). The molecule has 0 saturated heterocycles. The number of anilines is 1. The molecule has 0 spiro atoms. The third kappa shape index (κ3) is 3.11. The lowest BCUT2D eigenvalue weighted by molar-refractivity contribution is -0.116. The Morgan fingerprint density at radius 3 is 2.67 bits per heavy atom. The number of amides is 1. The zero-order chi connectivity index (χ0) is 14.9. The van der Waals surface area contributed by atoms with E-state index in [2.05, 4.69) is 24.4 Å². The van der Waals surface area contributed by atoms with E-state index in [1.54, 1.807) is 0 Å². The molecule has 0 radical (unpaired) electrons. The fraction of sp³-hybridized carbons (Fsp3) is 0.611. The van der Waals surface area contributed by atoms with E-state index in [9.17, 15) is 4.79 Å². The molecule has 114 valence electrons. The number of carbonyl (C=O) groups is 1. The van der Waals surface area contributed by atoms with Crippen LogP contribution >= 0.6 is 11.6 Å². The number of hydrogen-bond donors (Lipinski definition) is 1. The van der Waals surface area contributed by atoms with Gasteiger partial charge in [-0.25, -0.2) is 0 Å². The minimum absolute atomic E-state index is 0.0713. The van der Waals surface area contributed by atoms with Crippen LogP contribution in [0.2, 0.25) is 0 Å². The molecular weight excluding hydrogens is 282 g/mol. The summed E-state index contributed by atoms with van der Waals surface area (Å²) in [5, 5.41) is 3.07. The van der Waals surface area contributed by atoms with E-state index in [1.165, 1.54) is 43.2 Å². The Kier molecular flexibility index (Phi) is 4.26. The predicted octanol–water partition coefficient (Wildman–Crippen LogP) is 5.21. The molecule has 3 rings (SSSR count). The molecule has 2 nitrogen and oxygen atoms in total. The topological polar surface area (TPSA) is 29.1 Å². The number of benzene rings is 1. The minimum atomic E-state index is 0.0713. The summed E-state index contributed by atoms with van der Waals surface area (Å²) in [5.41, 5.74) is 3.64. The lowest BCUT2D eigenvalue weighted by Gasteiger charge is -2.38. The van der Waals surface area contributed by atoms with Crippen LogP contribution < -0.4 is 5.32 Å². The SMILES string of the molecule is CC1(C(Cl)c2ccc3c(c2)CCCC(=O)N3)CCCCC1. The zero-order valence-electron chi connectivity index (χ0n) is 12.8. The molecule has 0 bridgehead atoms. The molecule has 1 heterocycles. The lowest BCUT2D eigenvalue weighted by atomic mass is 9.71. The number of halogens is 1. The van der Waals surface area contributed by atoms with Gasteiger partial charge in [0.05, 0.1) is 5.38 Å². The van der Waals surface area contributed by atoms with Gasteiger partial charge in [0.1, 0.15) is 0 Å². The molecule has 1 aromatic carbocycles. The van der Waals surface area contributed by atoms with E-state index >= 15 is 0 Å². The molecular formula is C18H24ClNO. The molecule has 2 aliphatic rings. The maximum absolute atomic E-state index is 11.6. The molecule has 1 aromatic rings. The first-order valence-corrected chi connectivity index (χ1v) is 8.59. The van der Waals surface area contributed by atoms with Gasteiger partial charge in [-0.15, -0.1) is 11.6 Å². The molecule has 1 fully saturated rings. The second kappa shape index (κ2) is 6.00. The zero-order valence-corrected chi connectivity index (χ0v) is 13.5. The highest BCUT2D eigenvalue weighted by atomic mass is 35.5. The number of rotatable bonds is 2. The highest BCUT2D eigenvalue weighted by Gasteiger charge is 2.35. The molecule has 1 atom stereocenters. The van der Waals surface area contributed by atoms with Gasteiger partial charge in [0.25, 0.3) is 0 Å².